The number of amides is 1. The minimum Gasteiger partial charge on any atom is -0.471 e. The quantitative estimate of drug-likeness (QED) is 0.793. The van der Waals surface area contributed by atoms with Crippen LogP contribution in [0.5, 0.6) is 5.88 Å². The first-order chi connectivity index (χ1) is 9.72. The molecule has 0 spiro atoms. The highest BCUT2D eigenvalue weighted by Gasteiger charge is 2.35. The number of nitrogens with zero attached hydrogens (tertiary/aromatic N) is 2. The van der Waals surface area contributed by atoms with Gasteiger partial charge in [0.25, 0.3) is 0 Å². The van der Waals surface area contributed by atoms with E-state index in [2.05, 4.69) is 17.1 Å². The van der Waals surface area contributed by atoms with Gasteiger partial charge in [0.2, 0.25) is 11.8 Å². The number of hydrogen-bond acceptors (Lipinski definition) is 3. The van der Waals surface area contributed by atoms with Crippen molar-refractivity contribution in [3.63, 3.8) is 0 Å². The van der Waals surface area contributed by atoms with Gasteiger partial charge >= 0.3 is 0 Å². The molecule has 1 saturated heterocycles. The van der Waals surface area contributed by atoms with E-state index < -0.39 is 0 Å². The van der Waals surface area contributed by atoms with Crippen molar-refractivity contribution in [2.45, 2.75) is 32.3 Å². The minimum atomic E-state index is 0.0902. The van der Waals surface area contributed by atoms with Crippen molar-refractivity contribution in [3.05, 3.63) is 36.0 Å². The van der Waals surface area contributed by atoms with Crippen LogP contribution in [0.4, 0.5) is 0 Å². The molecule has 1 unspecified atom stereocenters. The molecule has 1 aliphatic heterocycles. The summed E-state index contributed by atoms with van der Waals surface area (Å²) in [6.07, 6.45) is 7.27. The number of aryl methyl sites for hydroxylation is 1. The van der Waals surface area contributed by atoms with E-state index >= 15 is 0 Å². The Hall–Kier alpha value is -1.84. The van der Waals surface area contributed by atoms with E-state index in [4.69, 9.17) is 4.74 Å². The second kappa shape index (κ2) is 5.65. The molecule has 20 heavy (non-hydrogen) atoms. The fourth-order valence-corrected chi connectivity index (χ4v) is 2.72. The third-order valence-electron chi connectivity index (χ3n) is 3.93. The molecular weight excluding hydrogens is 252 g/mol. The predicted molar refractivity (Wildman–Crippen MR) is 76.5 cm³/mol. The second-order valence-corrected chi connectivity index (χ2v) is 5.58. The number of aromatic nitrogens is 1. The van der Waals surface area contributed by atoms with E-state index in [0.717, 1.165) is 25.0 Å². The SMILES string of the molecule is Cc1cccc(OC2CN(C(=O)C3CC=CCC3)C2)n1. The fraction of sp³-hybridized carbons (Fsp3) is 0.500. The Morgan fingerprint density at radius 3 is 2.90 bits per heavy atom. The van der Waals surface area contributed by atoms with Crippen LogP contribution < -0.4 is 4.74 Å². The fourth-order valence-electron chi connectivity index (χ4n) is 2.72. The van der Waals surface area contributed by atoms with E-state index in [-0.39, 0.29) is 17.9 Å². The number of ether oxygens (including phenoxy) is 1. The van der Waals surface area contributed by atoms with Crippen molar-refractivity contribution in [2.75, 3.05) is 13.1 Å². The van der Waals surface area contributed by atoms with E-state index in [9.17, 15) is 4.79 Å². The standard InChI is InChI=1S/C16H20N2O2/c1-12-6-5-9-15(17-12)20-14-10-18(11-14)16(19)13-7-3-2-4-8-13/h2-3,5-6,9,13-14H,4,7-8,10-11H2,1H3. The number of likely N-dealkylation sites (tertiary alicyclic amines) is 1. The van der Waals surface area contributed by atoms with Crippen LogP contribution in [0.25, 0.3) is 0 Å². The van der Waals surface area contributed by atoms with Gasteiger partial charge in [0.15, 0.2) is 0 Å². The van der Waals surface area contributed by atoms with Crippen LogP contribution in [0.15, 0.2) is 30.4 Å². The summed E-state index contributed by atoms with van der Waals surface area (Å²) in [5.74, 6) is 1.12. The molecule has 1 aromatic rings. The zero-order valence-electron chi connectivity index (χ0n) is 11.8. The van der Waals surface area contributed by atoms with Crippen molar-refractivity contribution in [3.8, 4) is 5.88 Å². The van der Waals surface area contributed by atoms with Gasteiger partial charge in [-0.05, 0) is 32.3 Å². The van der Waals surface area contributed by atoms with E-state index in [1.54, 1.807) is 0 Å². The van der Waals surface area contributed by atoms with Gasteiger partial charge in [0.1, 0.15) is 6.10 Å². The van der Waals surface area contributed by atoms with Crippen LogP contribution in [0.1, 0.15) is 25.0 Å². The first-order valence-corrected chi connectivity index (χ1v) is 7.26. The maximum Gasteiger partial charge on any atom is 0.226 e. The highest BCUT2D eigenvalue weighted by molar-refractivity contribution is 5.80. The van der Waals surface area contributed by atoms with Gasteiger partial charge in [0, 0.05) is 17.7 Å². The van der Waals surface area contributed by atoms with Crippen LogP contribution in [0.2, 0.25) is 0 Å². The number of hydrogen-bond donors (Lipinski definition) is 0. The van der Waals surface area contributed by atoms with Crippen molar-refractivity contribution in [2.24, 2.45) is 5.92 Å². The lowest BCUT2D eigenvalue weighted by atomic mass is 9.92. The number of carbonyl (C=O) groups is 1. The number of allylic oxidation sites excluding steroid dienone is 2. The zero-order valence-corrected chi connectivity index (χ0v) is 11.8. The Morgan fingerprint density at radius 1 is 1.35 bits per heavy atom. The van der Waals surface area contributed by atoms with Gasteiger partial charge in [-0.3, -0.25) is 4.79 Å². The molecule has 1 atom stereocenters. The van der Waals surface area contributed by atoms with E-state index in [1.807, 2.05) is 30.0 Å². The number of rotatable bonds is 3. The summed E-state index contributed by atoms with van der Waals surface area (Å²) in [5, 5.41) is 0. The molecule has 3 rings (SSSR count). The van der Waals surface area contributed by atoms with Gasteiger partial charge < -0.3 is 9.64 Å². The second-order valence-electron chi connectivity index (χ2n) is 5.58. The van der Waals surface area contributed by atoms with Crippen molar-refractivity contribution in [1.29, 1.82) is 0 Å². The zero-order chi connectivity index (χ0) is 13.9. The van der Waals surface area contributed by atoms with Crippen molar-refractivity contribution < 1.29 is 9.53 Å². The van der Waals surface area contributed by atoms with Crippen molar-refractivity contribution in [1.82, 2.24) is 9.88 Å². The molecule has 4 heteroatoms. The van der Waals surface area contributed by atoms with Crippen LogP contribution in [-0.2, 0) is 4.79 Å². The topological polar surface area (TPSA) is 42.4 Å². The highest BCUT2D eigenvalue weighted by atomic mass is 16.5. The third-order valence-corrected chi connectivity index (χ3v) is 3.93. The average Bonchev–Trinajstić information content (AvgIpc) is 2.43. The monoisotopic (exact) mass is 272 g/mol. The van der Waals surface area contributed by atoms with Crippen LogP contribution >= 0.6 is 0 Å². The van der Waals surface area contributed by atoms with Gasteiger partial charge in [-0.1, -0.05) is 18.2 Å². The molecule has 2 heterocycles. The molecule has 0 aromatic carbocycles. The molecule has 1 fully saturated rings. The summed E-state index contributed by atoms with van der Waals surface area (Å²) in [5.41, 5.74) is 0.948. The van der Waals surface area contributed by atoms with E-state index in [1.165, 1.54) is 0 Å². The van der Waals surface area contributed by atoms with Gasteiger partial charge in [-0.2, -0.15) is 0 Å². The molecule has 1 aliphatic carbocycles. The number of pyridine rings is 1. The first kappa shape index (κ1) is 13.2. The van der Waals surface area contributed by atoms with Gasteiger partial charge in [0.05, 0.1) is 13.1 Å². The molecule has 0 radical (unpaired) electrons. The third kappa shape index (κ3) is 2.84. The molecule has 1 amide bonds. The molecule has 0 N–H and O–H groups in total. The number of carbonyl (C=O) groups excluding carboxylic acids is 1. The highest BCUT2D eigenvalue weighted by Crippen LogP contribution is 2.24. The Bertz CT molecular complexity index is 521. The average molecular weight is 272 g/mol. The Kier molecular flexibility index (Phi) is 3.72. The summed E-state index contributed by atoms with van der Waals surface area (Å²) < 4.78 is 5.78. The lowest BCUT2D eigenvalue weighted by Crippen LogP contribution is -2.57. The van der Waals surface area contributed by atoms with Gasteiger partial charge in [-0.25, -0.2) is 4.98 Å². The maximum atomic E-state index is 12.3. The first-order valence-electron chi connectivity index (χ1n) is 7.26. The van der Waals surface area contributed by atoms with E-state index in [0.29, 0.717) is 19.0 Å². The summed E-state index contributed by atoms with van der Waals surface area (Å²) in [7, 11) is 0. The Morgan fingerprint density at radius 2 is 2.20 bits per heavy atom. The molecule has 1 aromatic heterocycles. The lowest BCUT2D eigenvalue weighted by Gasteiger charge is -2.40. The molecule has 106 valence electrons. The maximum absolute atomic E-state index is 12.3. The summed E-state index contributed by atoms with van der Waals surface area (Å²) in [6, 6.07) is 5.75. The molecule has 2 aliphatic rings. The molecule has 4 nitrogen and oxygen atoms in total. The minimum absolute atomic E-state index is 0.0902. The summed E-state index contributed by atoms with van der Waals surface area (Å²) in [4.78, 5) is 18.5. The molecule has 0 bridgehead atoms. The Balaban J connectivity index is 1.49. The smallest absolute Gasteiger partial charge is 0.226 e. The van der Waals surface area contributed by atoms with Crippen LogP contribution in [-0.4, -0.2) is 35.0 Å². The Labute approximate surface area is 119 Å². The summed E-state index contributed by atoms with van der Waals surface area (Å²) >= 11 is 0. The van der Waals surface area contributed by atoms with Crippen molar-refractivity contribution >= 4 is 5.91 Å². The predicted octanol–water partition coefficient (Wildman–Crippen LogP) is 2.34. The normalized spacial score (nSPS) is 22.4. The van der Waals surface area contributed by atoms with Crippen LogP contribution in [0, 0.1) is 12.8 Å². The van der Waals surface area contributed by atoms with Crippen LogP contribution in [0.3, 0.4) is 0 Å². The molecular formula is C16H20N2O2. The largest absolute Gasteiger partial charge is 0.471 e. The summed E-state index contributed by atoms with van der Waals surface area (Å²) in [6.45, 7) is 3.32. The molecule has 0 saturated carbocycles. The van der Waals surface area contributed by atoms with Gasteiger partial charge in [-0.15, -0.1) is 0 Å². The lowest BCUT2D eigenvalue weighted by molar-refractivity contribution is -0.144.